The molecule has 0 spiro atoms. The molecular formula is C13H17NOS. The van der Waals surface area contributed by atoms with Crippen LogP contribution in [0.2, 0.25) is 0 Å². The number of likely N-dealkylation sites (tertiary alicyclic amines) is 1. The quantitative estimate of drug-likeness (QED) is 0.751. The van der Waals surface area contributed by atoms with Gasteiger partial charge in [0, 0.05) is 18.0 Å². The Labute approximate surface area is 101 Å². The molecule has 0 bridgehead atoms. The summed E-state index contributed by atoms with van der Waals surface area (Å²) in [5.41, 5.74) is 1.26. The molecule has 0 aromatic heterocycles. The molecular weight excluding hydrogens is 218 g/mol. The van der Waals surface area contributed by atoms with Crippen LogP contribution in [0.4, 0.5) is 0 Å². The zero-order valence-corrected chi connectivity index (χ0v) is 10.4. The van der Waals surface area contributed by atoms with Crippen molar-refractivity contribution in [1.29, 1.82) is 0 Å². The number of hydrogen-bond acceptors (Lipinski definition) is 2. The van der Waals surface area contributed by atoms with Gasteiger partial charge in [-0.25, -0.2) is 0 Å². The predicted molar refractivity (Wildman–Crippen MR) is 67.7 cm³/mol. The number of thioether (sulfide) groups is 1. The molecule has 3 heteroatoms. The largest absolute Gasteiger partial charge is 0.342 e. The Morgan fingerprint density at radius 2 is 1.88 bits per heavy atom. The molecule has 1 fully saturated rings. The first kappa shape index (κ1) is 11.5. The second-order valence-corrected chi connectivity index (χ2v) is 5.24. The monoisotopic (exact) mass is 235 g/mol. The fourth-order valence-electron chi connectivity index (χ4n) is 1.84. The number of benzene rings is 1. The zero-order chi connectivity index (χ0) is 11.4. The molecule has 1 aromatic carbocycles. The molecule has 1 aliphatic rings. The molecule has 16 heavy (non-hydrogen) atoms. The second kappa shape index (κ2) is 5.39. The highest BCUT2D eigenvalue weighted by molar-refractivity contribution is 8.00. The van der Waals surface area contributed by atoms with E-state index in [0.717, 1.165) is 13.1 Å². The van der Waals surface area contributed by atoms with E-state index >= 15 is 0 Å². The van der Waals surface area contributed by atoms with E-state index < -0.39 is 0 Å². The van der Waals surface area contributed by atoms with E-state index in [2.05, 4.69) is 31.2 Å². The third kappa shape index (κ3) is 3.01. The van der Waals surface area contributed by atoms with Crippen molar-refractivity contribution < 1.29 is 4.79 Å². The van der Waals surface area contributed by atoms with E-state index in [1.807, 2.05) is 4.90 Å². The number of hydrogen-bond donors (Lipinski definition) is 0. The Morgan fingerprint density at radius 3 is 2.50 bits per heavy atom. The van der Waals surface area contributed by atoms with Gasteiger partial charge in [0.2, 0.25) is 5.91 Å². The minimum Gasteiger partial charge on any atom is -0.342 e. The summed E-state index contributed by atoms with van der Waals surface area (Å²) in [6.07, 6.45) is 2.34. The highest BCUT2D eigenvalue weighted by Gasteiger charge is 2.17. The first-order valence-corrected chi connectivity index (χ1v) is 6.71. The Balaban J connectivity index is 1.82. The molecule has 1 saturated heterocycles. The lowest BCUT2D eigenvalue weighted by Crippen LogP contribution is -2.29. The Hall–Kier alpha value is -0.960. The molecule has 1 amide bonds. The van der Waals surface area contributed by atoms with Gasteiger partial charge in [-0.15, -0.1) is 11.8 Å². The fourth-order valence-corrected chi connectivity index (χ4v) is 2.64. The number of nitrogens with zero attached hydrogens (tertiary/aromatic N) is 1. The van der Waals surface area contributed by atoms with E-state index in [9.17, 15) is 4.79 Å². The van der Waals surface area contributed by atoms with E-state index in [4.69, 9.17) is 0 Å². The maximum atomic E-state index is 11.8. The second-order valence-electron chi connectivity index (χ2n) is 4.19. The summed E-state index contributed by atoms with van der Waals surface area (Å²) in [5.74, 6) is 0.853. The third-order valence-electron chi connectivity index (χ3n) is 2.84. The number of carbonyl (C=O) groups is 1. The Bertz CT molecular complexity index is 355. The maximum absolute atomic E-state index is 11.8. The number of amides is 1. The molecule has 0 N–H and O–H groups in total. The molecule has 86 valence electrons. The van der Waals surface area contributed by atoms with Gasteiger partial charge in [-0.3, -0.25) is 4.79 Å². The molecule has 2 rings (SSSR count). The lowest BCUT2D eigenvalue weighted by molar-refractivity contribution is -0.127. The molecule has 0 aliphatic carbocycles. The molecule has 1 heterocycles. The van der Waals surface area contributed by atoms with Crippen LogP contribution in [0.15, 0.2) is 29.2 Å². The average molecular weight is 235 g/mol. The summed E-state index contributed by atoms with van der Waals surface area (Å²) in [4.78, 5) is 14.9. The van der Waals surface area contributed by atoms with Crippen molar-refractivity contribution in [2.75, 3.05) is 18.8 Å². The van der Waals surface area contributed by atoms with E-state index in [0.29, 0.717) is 5.75 Å². The van der Waals surface area contributed by atoms with Gasteiger partial charge in [0.25, 0.3) is 0 Å². The van der Waals surface area contributed by atoms with Crippen LogP contribution in [0.3, 0.4) is 0 Å². The number of aryl methyl sites for hydroxylation is 1. The smallest absolute Gasteiger partial charge is 0.232 e. The summed E-state index contributed by atoms with van der Waals surface area (Å²) in [6, 6.07) is 8.33. The fraction of sp³-hybridized carbons (Fsp3) is 0.462. The van der Waals surface area contributed by atoms with Crippen LogP contribution in [0.1, 0.15) is 18.4 Å². The molecule has 1 aromatic rings. The van der Waals surface area contributed by atoms with Crippen LogP contribution >= 0.6 is 11.8 Å². The lowest BCUT2D eigenvalue weighted by Gasteiger charge is -2.14. The summed E-state index contributed by atoms with van der Waals surface area (Å²) in [7, 11) is 0. The predicted octanol–water partition coefficient (Wildman–Crippen LogP) is 2.71. The topological polar surface area (TPSA) is 20.3 Å². The number of rotatable bonds is 3. The molecule has 0 unspecified atom stereocenters. The summed E-state index contributed by atoms with van der Waals surface area (Å²) in [6.45, 7) is 3.98. The van der Waals surface area contributed by atoms with Crippen LogP contribution < -0.4 is 0 Å². The summed E-state index contributed by atoms with van der Waals surface area (Å²) < 4.78 is 0. The van der Waals surface area contributed by atoms with Crippen LogP contribution in [0.25, 0.3) is 0 Å². The van der Waals surface area contributed by atoms with Crippen molar-refractivity contribution in [3.8, 4) is 0 Å². The molecule has 0 radical (unpaired) electrons. The van der Waals surface area contributed by atoms with Gasteiger partial charge >= 0.3 is 0 Å². The SMILES string of the molecule is Cc1ccc(SCC(=O)N2CCCC2)cc1. The highest BCUT2D eigenvalue weighted by atomic mass is 32.2. The normalized spacial score (nSPS) is 15.4. The van der Waals surface area contributed by atoms with Crippen molar-refractivity contribution in [2.24, 2.45) is 0 Å². The van der Waals surface area contributed by atoms with E-state index in [1.165, 1.54) is 23.3 Å². The van der Waals surface area contributed by atoms with Gasteiger partial charge < -0.3 is 4.90 Å². The average Bonchev–Trinajstić information content (AvgIpc) is 2.81. The Morgan fingerprint density at radius 1 is 1.25 bits per heavy atom. The molecule has 1 aliphatic heterocycles. The van der Waals surface area contributed by atoms with Gasteiger partial charge in [0.1, 0.15) is 0 Å². The van der Waals surface area contributed by atoms with Crippen LogP contribution in [0, 0.1) is 6.92 Å². The standard InChI is InChI=1S/C13H17NOS/c1-11-4-6-12(7-5-11)16-10-13(15)14-8-2-3-9-14/h4-7H,2-3,8-10H2,1H3. The van der Waals surface area contributed by atoms with Gasteiger partial charge in [-0.1, -0.05) is 17.7 Å². The van der Waals surface area contributed by atoms with Crippen molar-refractivity contribution in [1.82, 2.24) is 4.90 Å². The lowest BCUT2D eigenvalue weighted by atomic mass is 10.2. The summed E-state index contributed by atoms with van der Waals surface area (Å²) in [5, 5.41) is 0. The van der Waals surface area contributed by atoms with Crippen molar-refractivity contribution in [3.63, 3.8) is 0 Å². The van der Waals surface area contributed by atoms with Crippen LogP contribution in [-0.2, 0) is 4.79 Å². The first-order valence-electron chi connectivity index (χ1n) is 5.73. The molecule has 0 saturated carbocycles. The van der Waals surface area contributed by atoms with Crippen molar-refractivity contribution >= 4 is 17.7 Å². The minimum atomic E-state index is 0.281. The maximum Gasteiger partial charge on any atom is 0.232 e. The molecule has 0 atom stereocenters. The van der Waals surface area contributed by atoms with Gasteiger partial charge in [-0.2, -0.15) is 0 Å². The minimum absolute atomic E-state index is 0.281. The summed E-state index contributed by atoms with van der Waals surface area (Å²) >= 11 is 1.63. The van der Waals surface area contributed by atoms with Crippen molar-refractivity contribution in [2.45, 2.75) is 24.7 Å². The Kier molecular flexibility index (Phi) is 3.88. The van der Waals surface area contributed by atoms with Crippen LogP contribution in [0.5, 0.6) is 0 Å². The first-order chi connectivity index (χ1) is 7.75. The van der Waals surface area contributed by atoms with Crippen molar-refractivity contribution in [3.05, 3.63) is 29.8 Å². The van der Waals surface area contributed by atoms with E-state index in [-0.39, 0.29) is 5.91 Å². The zero-order valence-electron chi connectivity index (χ0n) is 9.61. The molecule has 2 nitrogen and oxygen atoms in total. The number of carbonyl (C=O) groups excluding carboxylic acids is 1. The third-order valence-corrected chi connectivity index (χ3v) is 3.84. The highest BCUT2D eigenvalue weighted by Crippen LogP contribution is 2.19. The van der Waals surface area contributed by atoms with E-state index in [1.54, 1.807) is 11.8 Å². The van der Waals surface area contributed by atoms with Gasteiger partial charge in [0.15, 0.2) is 0 Å². The van der Waals surface area contributed by atoms with Crippen LogP contribution in [-0.4, -0.2) is 29.6 Å². The van der Waals surface area contributed by atoms with Gasteiger partial charge in [0.05, 0.1) is 5.75 Å². The van der Waals surface area contributed by atoms with Gasteiger partial charge in [-0.05, 0) is 31.9 Å².